The maximum absolute atomic E-state index is 9.32. The molecule has 0 unspecified atom stereocenters. The van der Waals surface area contributed by atoms with Gasteiger partial charge >= 0.3 is 0 Å². The van der Waals surface area contributed by atoms with Crippen molar-refractivity contribution in [2.75, 3.05) is 13.2 Å². The molecule has 2 N–H and O–H groups in total. The fourth-order valence-electron chi connectivity index (χ4n) is 8.95. The van der Waals surface area contributed by atoms with E-state index in [0.29, 0.717) is 35.9 Å². The third-order valence-corrected chi connectivity index (χ3v) is 10.7. The van der Waals surface area contributed by atoms with Crippen LogP contribution in [0.2, 0.25) is 0 Å². The van der Waals surface area contributed by atoms with Crippen LogP contribution in [0.4, 0.5) is 0 Å². The highest BCUT2D eigenvalue weighted by Crippen LogP contribution is 2.60. The van der Waals surface area contributed by atoms with E-state index in [1.807, 2.05) is 0 Å². The lowest BCUT2D eigenvalue weighted by Gasteiger charge is -2.46. The third-order valence-electron chi connectivity index (χ3n) is 10.7. The molecule has 31 heavy (non-hydrogen) atoms. The smallest absolute Gasteiger partial charge is 0.0494 e. The molecule has 3 fully saturated rings. The summed E-state index contributed by atoms with van der Waals surface area (Å²) < 4.78 is 0. The van der Waals surface area contributed by atoms with Crippen LogP contribution in [0.5, 0.6) is 0 Å². The summed E-state index contributed by atoms with van der Waals surface area (Å²) in [5, 5.41) is 18.5. The Balaban J connectivity index is 0.000000176. The van der Waals surface area contributed by atoms with E-state index in [9.17, 15) is 5.11 Å². The van der Waals surface area contributed by atoms with E-state index in [0.717, 1.165) is 36.0 Å². The van der Waals surface area contributed by atoms with Gasteiger partial charge in [0.05, 0.1) is 0 Å². The van der Waals surface area contributed by atoms with Crippen molar-refractivity contribution >= 4 is 0 Å². The second kappa shape index (κ2) is 10.3. The van der Waals surface area contributed by atoms with Crippen LogP contribution < -0.4 is 0 Å². The maximum Gasteiger partial charge on any atom is 0.0494 e. The topological polar surface area (TPSA) is 40.5 Å². The van der Waals surface area contributed by atoms with Crippen LogP contribution in [-0.2, 0) is 0 Å². The molecule has 2 heteroatoms. The van der Waals surface area contributed by atoms with Crippen LogP contribution in [0, 0.1) is 52.3 Å². The number of hydrogen-bond acceptors (Lipinski definition) is 2. The van der Waals surface area contributed by atoms with Crippen LogP contribution in [-0.4, -0.2) is 23.4 Å². The Morgan fingerprint density at radius 2 is 1.58 bits per heavy atom. The van der Waals surface area contributed by atoms with Gasteiger partial charge in [0, 0.05) is 19.1 Å². The monoisotopic (exact) mass is 432 g/mol. The Bertz CT molecular complexity index is 612. The molecule has 4 aliphatic rings. The fourth-order valence-corrected chi connectivity index (χ4v) is 8.95. The first-order chi connectivity index (χ1) is 14.7. The van der Waals surface area contributed by atoms with Crippen LogP contribution >= 0.6 is 0 Å². The van der Waals surface area contributed by atoms with Crippen molar-refractivity contribution in [1.82, 2.24) is 0 Å². The normalized spacial score (nSPS) is 43.9. The molecule has 0 aromatic rings. The molecule has 0 aromatic carbocycles. The van der Waals surface area contributed by atoms with Crippen molar-refractivity contribution in [3.63, 3.8) is 0 Å². The molecule has 3 saturated carbocycles. The van der Waals surface area contributed by atoms with Crippen molar-refractivity contribution in [3.8, 4) is 0 Å². The molecular formula is C29H52O2. The highest BCUT2D eigenvalue weighted by Gasteiger charge is 2.51. The average Bonchev–Trinajstić information content (AvgIpc) is 3.27. The zero-order valence-electron chi connectivity index (χ0n) is 21.5. The number of aliphatic hydroxyl groups is 2. The van der Waals surface area contributed by atoms with Gasteiger partial charge in [0.25, 0.3) is 0 Å². The summed E-state index contributed by atoms with van der Waals surface area (Å²) in [6.07, 6.45) is 15.9. The Morgan fingerprint density at radius 3 is 2.23 bits per heavy atom. The van der Waals surface area contributed by atoms with Gasteiger partial charge in [0.15, 0.2) is 0 Å². The predicted octanol–water partition coefficient (Wildman–Crippen LogP) is 7.24. The third kappa shape index (κ3) is 4.81. The van der Waals surface area contributed by atoms with Gasteiger partial charge in [0.2, 0.25) is 0 Å². The maximum atomic E-state index is 9.32. The molecular weight excluding hydrogens is 380 g/mol. The van der Waals surface area contributed by atoms with Crippen molar-refractivity contribution < 1.29 is 10.2 Å². The van der Waals surface area contributed by atoms with E-state index in [1.54, 1.807) is 5.57 Å². The van der Waals surface area contributed by atoms with E-state index in [1.165, 1.54) is 57.8 Å². The van der Waals surface area contributed by atoms with E-state index < -0.39 is 0 Å². The summed E-state index contributed by atoms with van der Waals surface area (Å²) in [5.74, 6) is 5.55. The molecule has 0 radical (unpaired) electrons. The summed E-state index contributed by atoms with van der Waals surface area (Å²) in [7, 11) is 0. The van der Waals surface area contributed by atoms with Gasteiger partial charge in [-0.25, -0.2) is 0 Å². The second-order valence-corrected chi connectivity index (χ2v) is 12.5. The quantitative estimate of drug-likeness (QED) is 0.449. The molecule has 9 atom stereocenters. The van der Waals surface area contributed by atoms with Gasteiger partial charge in [-0.05, 0) is 84.9 Å². The Labute approximate surface area is 193 Å². The van der Waals surface area contributed by atoms with Gasteiger partial charge < -0.3 is 10.2 Å². The number of aliphatic hydroxyl groups excluding tert-OH is 2. The number of allylic oxidation sites excluding steroid dienone is 1. The Hall–Kier alpha value is -0.340. The van der Waals surface area contributed by atoms with E-state index in [4.69, 9.17) is 5.11 Å². The van der Waals surface area contributed by atoms with Gasteiger partial charge in [-0.1, -0.05) is 78.9 Å². The van der Waals surface area contributed by atoms with Crippen molar-refractivity contribution in [1.29, 1.82) is 0 Å². The first-order valence-electron chi connectivity index (χ1n) is 13.6. The minimum absolute atomic E-state index is 0.308. The molecule has 0 saturated heterocycles. The molecule has 4 rings (SSSR count). The van der Waals surface area contributed by atoms with Gasteiger partial charge in [0.1, 0.15) is 0 Å². The zero-order chi connectivity index (χ0) is 22.8. The van der Waals surface area contributed by atoms with Gasteiger partial charge in [-0.2, -0.15) is 0 Å². The molecule has 0 aromatic heterocycles. The van der Waals surface area contributed by atoms with E-state index in [2.05, 4.69) is 47.6 Å². The van der Waals surface area contributed by atoms with Crippen LogP contribution in [0.15, 0.2) is 11.6 Å². The van der Waals surface area contributed by atoms with Crippen LogP contribution in [0.25, 0.3) is 0 Å². The van der Waals surface area contributed by atoms with E-state index >= 15 is 0 Å². The van der Waals surface area contributed by atoms with Crippen molar-refractivity contribution in [3.05, 3.63) is 11.6 Å². The molecule has 4 aliphatic carbocycles. The van der Waals surface area contributed by atoms with E-state index in [-0.39, 0.29) is 0 Å². The zero-order valence-corrected chi connectivity index (χ0v) is 21.5. The van der Waals surface area contributed by atoms with Gasteiger partial charge in [-0.3, -0.25) is 0 Å². The van der Waals surface area contributed by atoms with Crippen molar-refractivity contribution in [2.45, 2.75) is 106 Å². The summed E-state index contributed by atoms with van der Waals surface area (Å²) in [5.41, 5.74) is 2.54. The molecule has 0 bridgehead atoms. The standard InChI is InChI=1S/C15H28O.C14H24O/c1-11-5-4-9-15(3)13(11)6-7-14(15)12(2)8-10-16;1-10-5-4-8-14(3)12(10)6-7-13(14)11(2)9-15/h11-14,16H,4-10H2,1-3H3;7,10-12,15H,4-6,8-9H2,1-3H3/t11-,12-,13+,14-,15+;10-,11-,12+,14+/m11/s1. The SMILES string of the molecule is C[C@H](CCO)[C@H]1CC[C@H]2[C@H](C)CCC[C@]12C.C[C@H](CO)C1=CC[C@H]2[C@H](C)CCC[C@]12C. The first kappa shape index (κ1) is 25.3. The molecule has 0 amide bonds. The summed E-state index contributed by atoms with van der Waals surface area (Å²) in [4.78, 5) is 0. The summed E-state index contributed by atoms with van der Waals surface area (Å²) in [6.45, 7) is 15.0. The second-order valence-electron chi connectivity index (χ2n) is 12.5. The lowest BCUT2D eigenvalue weighted by molar-refractivity contribution is 0.0316. The highest BCUT2D eigenvalue weighted by molar-refractivity contribution is 5.25. The largest absolute Gasteiger partial charge is 0.396 e. The molecule has 0 heterocycles. The average molecular weight is 433 g/mol. The molecule has 0 aliphatic heterocycles. The Kier molecular flexibility index (Phi) is 8.39. The lowest BCUT2D eigenvalue weighted by atomic mass is 9.59. The van der Waals surface area contributed by atoms with Gasteiger partial charge in [-0.15, -0.1) is 0 Å². The lowest BCUT2D eigenvalue weighted by Crippen LogP contribution is -2.38. The summed E-state index contributed by atoms with van der Waals surface area (Å²) in [6, 6.07) is 0. The molecule has 0 spiro atoms. The summed E-state index contributed by atoms with van der Waals surface area (Å²) >= 11 is 0. The number of rotatable bonds is 5. The predicted molar refractivity (Wildman–Crippen MR) is 132 cm³/mol. The number of fused-ring (bicyclic) bond motifs is 2. The molecule has 180 valence electrons. The number of hydrogen-bond donors (Lipinski definition) is 2. The minimum atomic E-state index is 0.308. The Morgan fingerprint density at radius 1 is 0.935 bits per heavy atom. The highest BCUT2D eigenvalue weighted by atomic mass is 16.3. The fraction of sp³-hybridized carbons (Fsp3) is 0.931. The van der Waals surface area contributed by atoms with Crippen LogP contribution in [0.3, 0.4) is 0 Å². The first-order valence-corrected chi connectivity index (χ1v) is 13.6. The molecule has 2 nitrogen and oxygen atoms in total. The minimum Gasteiger partial charge on any atom is -0.396 e. The van der Waals surface area contributed by atoms with Crippen molar-refractivity contribution in [2.24, 2.45) is 52.3 Å². The van der Waals surface area contributed by atoms with Crippen LogP contribution in [0.1, 0.15) is 106 Å².